The molecule has 3 aromatic rings. The maximum absolute atomic E-state index is 13.2. The van der Waals surface area contributed by atoms with E-state index in [1.54, 1.807) is 6.92 Å². The second kappa shape index (κ2) is 6.87. The summed E-state index contributed by atoms with van der Waals surface area (Å²) in [4.78, 5) is 21.5. The van der Waals surface area contributed by atoms with Crippen molar-refractivity contribution in [1.29, 1.82) is 0 Å². The average Bonchev–Trinajstić information content (AvgIpc) is 3.28. The summed E-state index contributed by atoms with van der Waals surface area (Å²) in [6.07, 6.45) is 3.44. The Balaban J connectivity index is 1.68. The van der Waals surface area contributed by atoms with E-state index < -0.39 is 11.9 Å². The molecule has 0 saturated heterocycles. The quantitative estimate of drug-likeness (QED) is 0.604. The fraction of sp³-hybridized carbons (Fsp3) is 0.350. The van der Waals surface area contributed by atoms with Crippen molar-refractivity contribution in [2.75, 3.05) is 11.9 Å². The number of carbonyl (C=O) groups is 1. The van der Waals surface area contributed by atoms with Gasteiger partial charge < -0.3 is 20.2 Å². The third-order valence-corrected chi connectivity index (χ3v) is 5.07. The monoisotopic (exact) mass is 384 g/mol. The summed E-state index contributed by atoms with van der Waals surface area (Å²) >= 11 is 0. The van der Waals surface area contributed by atoms with E-state index in [0.29, 0.717) is 33.8 Å². The molecule has 1 amide bonds. The van der Waals surface area contributed by atoms with Crippen LogP contribution in [-0.4, -0.2) is 33.1 Å². The van der Waals surface area contributed by atoms with Crippen molar-refractivity contribution < 1.29 is 18.7 Å². The fourth-order valence-electron chi connectivity index (χ4n) is 3.17. The van der Waals surface area contributed by atoms with Crippen LogP contribution in [0.1, 0.15) is 47.5 Å². The van der Waals surface area contributed by atoms with Crippen molar-refractivity contribution in [3.8, 4) is 0 Å². The molecule has 3 N–H and O–H groups in total. The van der Waals surface area contributed by atoms with Crippen molar-refractivity contribution in [2.45, 2.75) is 38.3 Å². The number of hydrogen-bond acceptors (Lipinski definition) is 6. The minimum atomic E-state index is -0.681. The number of nitrogens with one attached hydrogen (secondary N) is 2. The number of aromatic nitrogens is 2. The molecule has 2 aromatic heterocycles. The van der Waals surface area contributed by atoms with E-state index in [0.717, 1.165) is 12.8 Å². The number of aliphatic hydroxyl groups is 1. The van der Waals surface area contributed by atoms with Gasteiger partial charge in [-0.05, 0) is 44.4 Å². The number of amides is 1. The number of furan rings is 1. The number of nitrogens with zero attached hydrogens (tertiary/aromatic N) is 2. The maximum Gasteiger partial charge on any atom is 0.256 e. The Morgan fingerprint density at radius 1 is 1.32 bits per heavy atom. The average molecular weight is 384 g/mol. The molecular weight excluding hydrogens is 363 g/mol. The van der Waals surface area contributed by atoms with Crippen LogP contribution in [0, 0.1) is 12.7 Å². The molecule has 1 fully saturated rings. The van der Waals surface area contributed by atoms with Gasteiger partial charge in [-0.3, -0.25) is 4.79 Å². The van der Waals surface area contributed by atoms with Crippen LogP contribution < -0.4 is 10.6 Å². The van der Waals surface area contributed by atoms with Gasteiger partial charge in [0.05, 0.1) is 23.6 Å². The highest BCUT2D eigenvalue weighted by molar-refractivity contribution is 6.10. The summed E-state index contributed by atoms with van der Waals surface area (Å²) in [6.45, 7) is 3.45. The van der Waals surface area contributed by atoms with Crippen LogP contribution in [0.3, 0.4) is 0 Å². The van der Waals surface area contributed by atoms with Gasteiger partial charge in [0.25, 0.3) is 5.91 Å². The van der Waals surface area contributed by atoms with Gasteiger partial charge in [0.15, 0.2) is 0 Å². The van der Waals surface area contributed by atoms with E-state index in [9.17, 15) is 14.3 Å². The highest BCUT2D eigenvalue weighted by atomic mass is 19.1. The molecule has 7 nitrogen and oxygen atoms in total. The number of hydrogen-bond donors (Lipinski definition) is 3. The van der Waals surface area contributed by atoms with Gasteiger partial charge in [0.1, 0.15) is 23.7 Å². The highest BCUT2D eigenvalue weighted by Crippen LogP contribution is 2.40. The van der Waals surface area contributed by atoms with E-state index in [-0.39, 0.29) is 18.0 Å². The second-order valence-electron chi connectivity index (χ2n) is 7.38. The summed E-state index contributed by atoms with van der Waals surface area (Å²) in [5, 5.41) is 16.4. The SMILES string of the molecule is Cc1oc2ncnc(NC3(C)CC3)c2c1C(=O)NC(CO)c1ccc(F)cc1. The molecule has 1 atom stereocenters. The number of rotatable bonds is 6. The minimum Gasteiger partial charge on any atom is -0.442 e. The number of carbonyl (C=O) groups excluding carboxylic acids is 1. The Hall–Kier alpha value is -3.00. The molecule has 8 heteroatoms. The number of fused-ring (bicyclic) bond motifs is 1. The van der Waals surface area contributed by atoms with Gasteiger partial charge in [-0.15, -0.1) is 0 Å². The molecule has 146 valence electrons. The summed E-state index contributed by atoms with van der Waals surface area (Å²) < 4.78 is 18.8. The summed E-state index contributed by atoms with van der Waals surface area (Å²) in [5.74, 6) is 0.158. The molecule has 28 heavy (non-hydrogen) atoms. The topological polar surface area (TPSA) is 100 Å². The van der Waals surface area contributed by atoms with E-state index in [2.05, 4.69) is 27.5 Å². The molecule has 1 aromatic carbocycles. The van der Waals surface area contributed by atoms with Gasteiger partial charge in [0, 0.05) is 5.54 Å². The Bertz CT molecular complexity index is 1030. The molecule has 1 aliphatic carbocycles. The van der Waals surface area contributed by atoms with Gasteiger partial charge >= 0.3 is 0 Å². The molecule has 1 saturated carbocycles. The van der Waals surface area contributed by atoms with Crippen LogP contribution in [0.15, 0.2) is 35.0 Å². The number of benzene rings is 1. The first-order valence-electron chi connectivity index (χ1n) is 9.10. The first kappa shape index (κ1) is 18.4. The number of aryl methyl sites for hydroxylation is 1. The normalized spacial score (nSPS) is 16.0. The molecule has 2 heterocycles. The third kappa shape index (κ3) is 3.43. The van der Waals surface area contributed by atoms with Gasteiger partial charge in [-0.2, -0.15) is 0 Å². The second-order valence-corrected chi connectivity index (χ2v) is 7.38. The van der Waals surface area contributed by atoms with Crippen molar-refractivity contribution >= 4 is 22.8 Å². The molecule has 0 aliphatic heterocycles. The summed E-state index contributed by atoms with van der Waals surface area (Å²) in [7, 11) is 0. The zero-order chi connectivity index (χ0) is 19.9. The third-order valence-electron chi connectivity index (χ3n) is 5.07. The lowest BCUT2D eigenvalue weighted by molar-refractivity contribution is 0.0916. The minimum absolute atomic E-state index is 0.0397. The van der Waals surface area contributed by atoms with Crippen molar-refractivity contribution in [3.63, 3.8) is 0 Å². The van der Waals surface area contributed by atoms with Crippen LogP contribution in [-0.2, 0) is 0 Å². The summed E-state index contributed by atoms with van der Waals surface area (Å²) in [6, 6.07) is 4.95. The molecule has 1 unspecified atom stereocenters. The molecule has 0 radical (unpaired) electrons. The number of anilines is 1. The first-order valence-corrected chi connectivity index (χ1v) is 9.10. The zero-order valence-corrected chi connectivity index (χ0v) is 15.6. The molecule has 4 rings (SSSR count). The van der Waals surface area contributed by atoms with E-state index >= 15 is 0 Å². The Kier molecular flexibility index (Phi) is 4.50. The molecule has 1 aliphatic rings. The maximum atomic E-state index is 13.2. The van der Waals surface area contributed by atoms with Crippen LogP contribution in [0.5, 0.6) is 0 Å². The van der Waals surface area contributed by atoms with Crippen LogP contribution in [0.2, 0.25) is 0 Å². The van der Waals surface area contributed by atoms with E-state index in [1.807, 2.05) is 0 Å². The Morgan fingerprint density at radius 2 is 2.04 bits per heavy atom. The lowest BCUT2D eigenvalue weighted by atomic mass is 10.1. The predicted molar refractivity (Wildman–Crippen MR) is 101 cm³/mol. The van der Waals surface area contributed by atoms with Crippen LogP contribution >= 0.6 is 0 Å². The highest BCUT2D eigenvalue weighted by Gasteiger charge is 2.38. The lowest BCUT2D eigenvalue weighted by Crippen LogP contribution is -2.31. The van der Waals surface area contributed by atoms with Gasteiger partial charge in [-0.25, -0.2) is 14.4 Å². The lowest BCUT2D eigenvalue weighted by Gasteiger charge is -2.17. The molecular formula is C20H21FN4O3. The first-order chi connectivity index (χ1) is 13.4. The Morgan fingerprint density at radius 3 is 2.68 bits per heavy atom. The van der Waals surface area contributed by atoms with Gasteiger partial charge in [-0.1, -0.05) is 12.1 Å². The van der Waals surface area contributed by atoms with Crippen LogP contribution in [0.4, 0.5) is 10.2 Å². The van der Waals surface area contributed by atoms with E-state index in [1.165, 1.54) is 30.6 Å². The van der Waals surface area contributed by atoms with Gasteiger partial charge in [0.2, 0.25) is 5.71 Å². The Labute approximate surface area is 161 Å². The fourth-order valence-corrected chi connectivity index (χ4v) is 3.17. The zero-order valence-electron chi connectivity index (χ0n) is 15.6. The van der Waals surface area contributed by atoms with E-state index in [4.69, 9.17) is 4.42 Å². The smallest absolute Gasteiger partial charge is 0.256 e. The van der Waals surface area contributed by atoms with Crippen molar-refractivity contribution in [2.24, 2.45) is 0 Å². The molecule has 0 bridgehead atoms. The van der Waals surface area contributed by atoms with Crippen molar-refractivity contribution in [1.82, 2.24) is 15.3 Å². The summed E-state index contributed by atoms with van der Waals surface area (Å²) in [5.41, 5.74) is 1.21. The number of halogens is 1. The largest absolute Gasteiger partial charge is 0.442 e. The van der Waals surface area contributed by atoms with Crippen molar-refractivity contribution in [3.05, 3.63) is 53.3 Å². The predicted octanol–water partition coefficient (Wildman–Crippen LogP) is 3.10. The molecule has 0 spiro atoms. The standard InChI is InChI=1S/C20H21FN4O3/c1-11-15(18(27)24-14(9-26)12-3-5-13(21)6-4-12)16-17(25-20(2)7-8-20)22-10-23-19(16)28-11/h3-6,10,14,26H,7-9H2,1-2H3,(H,24,27)(H,22,23,25). The number of aliphatic hydroxyl groups excluding tert-OH is 1. The van der Waals surface area contributed by atoms with Crippen LogP contribution in [0.25, 0.3) is 11.1 Å².